The molecule has 0 aliphatic carbocycles. The van der Waals surface area contributed by atoms with Crippen LogP contribution in [0.2, 0.25) is 0 Å². The first-order valence-corrected chi connectivity index (χ1v) is 4.64. The van der Waals surface area contributed by atoms with E-state index in [2.05, 4.69) is 16.9 Å². The zero-order valence-electron chi connectivity index (χ0n) is 9.53. The highest BCUT2D eigenvalue weighted by Crippen LogP contribution is 1.96. The number of carbonyl (C=O) groups is 3. The molecule has 90 valence electrons. The van der Waals surface area contributed by atoms with E-state index in [9.17, 15) is 14.4 Å². The quantitative estimate of drug-likeness (QED) is 0.234. The van der Waals surface area contributed by atoms with Crippen molar-refractivity contribution < 1.29 is 24.0 Å². The van der Waals surface area contributed by atoms with Crippen LogP contribution in [-0.4, -0.2) is 23.9 Å². The number of nitrogens with one attached hydrogen (secondary N) is 1. The first-order chi connectivity index (χ1) is 7.32. The third kappa shape index (κ3) is 6.72. The molecule has 0 fully saturated rings. The molecule has 0 heterocycles. The van der Waals surface area contributed by atoms with E-state index in [4.69, 9.17) is 4.74 Å². The van der Waals surface area contributed by atoms with Crippen LogP contribution in [-0.2, 0) is 24.0 Å². The smallest absolute Gasteiger partial charge is 0.334 e. The summed E-state index contributed by atoms with van der Waals surface area (Å²) in [6.07, 6.45) is -1.13. The molecular formula is C10H15NO5. The van der Waals surface area contributed by atoms with Crippen LogP contribution in [0.1, 0.15) is 27.2 Å². The van der Waals surface area contributed by atoms with Crippen LogP contribution in [0, 0.1) is 0 Å². The SMILES string of the molecule is C=C(C)C(=O)OC(C)NOC(=O)CC(C)=O. The number of ether oxygens (including phenoxy) is 1. The van der Waals surface area contributed by atoms with Gasteiger partial charge < -0.3 is 9.57 Å². The minimum atomic E-state index is -0.805. The van der Waals surface area contributed by atoms with Crippen molar-refractivity contribution >= 4 is 17.7 Å². The van der Waals surface area contributed by atoms with Gasteiger partial charge in [-0.05, 0) is 20.8 Å². The third-order valence-electron chi connectivity index (χ3n) is 1.36. The Morgan fingerprint density at radius 2 is 1.88 bits per heavy atom. The van der Waals surface area contributed by atoms with E-state index in [0.29, 0.717) is 0 Å². The lowest BCUT2D eigenvalue weighted by Crippen LogP contribution is -2.33. The van der Waals surface area contributed by atoms with E-state index in [1.165, 1.54) is 20.8 Å². The summed E-state index contributed by atoms with van der Waals surface area (Å²) in [5, 5.41) is 0. The van der Waals surface area contributed by atoms with E-state index >= 15 is 0 Å². The lowest BCUT2D eigenvalue weighted by atomic mass is 10.3. The minimum Gasteiger partial charge on any atom is -0.440 e. The molecule has 0 aliphatic heterocycles. The van der Waals surface area contributed by atoms with Crippen LogP contribution in [0.4, 0.5) is 0 Å². The Bertz CT molecular complexity index is 310. The molecule has 0 aromatic heterocycles. The van der Waals surface area contributed by atoms with Gasteiger partial charge in [0.05, 0.1) is 0 Å². The van der Waals surface area contributed by atoms with Gasteiger partial charge in [-0.3, -0.25) is 4.79 Å². The fraction of sp³-hybridized carbons (Fsp3) is 0.500. The molecule has 0 aliphatic rings. The lowest BCUT2D eigenvalue weighted by Gasteiger charge is -2.13. The average molecular weight is 229 g/mol. The number of hydrogen-bond acceptors (Lipinski definition) is 6. The first kappa shape index (κ1) is 14.3. The molecule has 0 saturated carbocycles. The Kier molecular flexibility index (Phi) is 6.02. The Morgan fingerprint density at radius 3 is 2.31 bits per heavy atom. The number of esters is 1. The molecule has 1 atom stereocenters. The van der Waals surface area contributed by atoms with Gasteiger partial charge in [0, 0.05) is 5.57 Å². The van der Waals surface area contributed by atoms with E-state index < -0.39 is 18.2 Å². The van der Waals surface area contributed by atoms with Crippen LogP contribution in [0.15, 0.2) is 12.2 Å². The molecular weight excluding hydrogens is 214 g/mol. The summed E-state index contributed by atoms with van der Waals surface area (Å²) in [4.78, 5) is 37.0. The van der Waals surface area contributed by atoms with Crippen LogP contribution in [0.25, 0.3) is 0 Å². The Hall–Kier alpha value is -1.69. The van der Waals surface area contributed by atoms with Crippen LogP contribution in [0.3, 0.4) is 0 Å². The van der Waals surface area contributed by atoms with Gasteiger partial charge in [-0.25, -0.2) is 9.59 Å². The van der Waals surface area contributed by atoms with Gasteiger partial charge in [0.25, 0.3) is 0 Å². The predicted molar refractivity (Wildman–Crippen MR) is 54.9 cm³/mol. The monoisotopic (exact) mass is 229 g/mol. The van der Waals surface area contributed by atoms with E-state index in [0.717, 1.165) is 0 Å². The Labute approximate surface area is 93.5 Å². The lowest BCUT2D eigenvalue weighted by molar-refractivity contribution is -0.169. The maximum Gasteiger partial charge on any atom is 0.334 e. The summed E-state index contributed by atoms with van der Waals surface area (Å²) in [6.45, 7) is 7.63. The van der Waals surface area contributed by atoms with Crippen molar-refractivity contribution in [1.82, 2.24) is 5.48 Å². The second kappa shape index (κ2) is 6.73. The topological polar surface area (TPSA) is 81.7 Å². The van der Waals surface area contributed by atoms with Crippen molar-refractivity contribution in [3.05, 3.63) is 12.2 Å². The molecule has 0 rings (SSSR count). The highest BCUT2D eigenvalue weighted by molar-refractivity contribution is 5.94. The number of hydroxylamine groups is 1. The van der Waals surface area contributed by atoms with Crippen LogP contribution in [0.5, 0.6) is 0 Å². The summed E-state index contributed by atoms with van der Waals surface area (Å²) in [5.74, 6) is -1.63. The number of hydrogen-bond donors (Lipinski definition) is 1. The summed E-state index contributed by atoms with van der Waals surface area (Å²) in [6, 6.07) is 0. The van der Waals surface area contributed by atoms with Gasteiger partial charge in [0.1, 0.15) is 12.2 Å². The number of rotatable bonds is 6. The van der Waals surface area contributed by atoms with Gasteiger partial charge in [-0.1, -0.05) is 6.58 Å². The second-order valence-corrected chi connectivity index (χ2v) is 3.30. The van der Waals surface area contributed by atoms with E-state index in [-0.39, 0.29) is 17.8 Å². The van der Waals surface area contributed by atoms with Crippen molar-refractivity contribution in [2.45, 2.75) is 33.4 Å². The molecule has 0 radical (unpaired) electrons. The molecule has 0 amide bonds. The number of carbonyl (C=O) groups excluding carboxylic acids is 3. The molecule has 6 nitrogen and oxygen atoms in total. The minimum absolute atomic E-state index is 0.240. The van der Waals surface area contributed by atoms with Gasteiger partial charge in [0.2, 0.25) is 0 Å². The van der Waals surface area contributed by atoms with Crippen molar-refractivity contribution in [3.63, 3.8) is 0 Å². The van der Waals surface area contributed by atoms with Gasteiger partial charge in [0.15, 0.2) is 6.23 Å². The zero-order valence-corrected chi connectivity index (χ0v) is 9.53. The summed E-state index contributed by atoms with van der Waals surface area (Å²) < 4.78 is 4.76. The molecule has 1 N–H and O–H groups in total. The van der Waals surface area contributed by atoms with Crippen LogP contribution >= 0.6 is 0 Å². The van der Waals surface area contributed by atoms with Gasteiger partial charge in [-0.2, -0.15) is 0 Å². The Morgan fingerprint density at radius 1 is 1.31 bits per heavy atom. The molecule has 6 heteroatoms. The van der Waals surface area contributed by atoms with Crippen molar-refractivity contribution in [3.8, 4) is 0 Å². The Balaban J connectivity index is 3.85. The predicted octanol–water partition coefficient (Wildman–Crippen LogP) is 0.479. The molecule has 0 bridgehead atoms. The fourth-order valence-corrected chi connectivity index (χ4v) is 0.673. The standard InChI is InChI=1S/C10H15NO5/c1-6(2)10(14)15-8(4)11-16-9(13)5-7(3)12/h8,11H,1,5H2,2-4H3. The normalized spacial score (nSPS) is 11.4. The highest BCUT2D eigenvalue weighted by Gasteiger charge is 2.12. The average Bonchev–Trinajstić information content (AvgIpc) is 2.13. The zero-order chi connectivity index (χ0) is 12.7. The maximum atomic E-state index is 11.0. The van der Waals surface area contributed by atoms with Crippen molar-refractivity contribution in [2.75, 3.05) is 0 Å². The molecule has 0 spiro atoms. The number of ketones is 1. The number of Topliss-reactive ketones (excluding diaryl/α,β-unsaturated/α-hetero) is 1. The third-order valence-corrected chi connectivity index (χ3v) is 1.36. The highest BCUT2D eigenvalue weighted by atomic mass is 16.7. The molecule has 0 aromatic carbocycles. The van der Waals surface area contributed by atoms with E-state index in [1.54, 1.807) is 0 Å². The van der Waals surface area contributed by atoms with Crippen molar-refractivity contribution in [2.24, 2.45) is 0 Å². The van der Waals surface area contributed by atoms with Crippen molar-refractivity contribution in [1.29, 1.82) is 0 Å². The second-order valence-electron chi connectivity index (χ2n) is 3.30. The molecule has 16 heavy (non-hydrogen) atoms. The van der Waals surface area contributed by atoms with Gasteiger partial charge >= 0.3 is 11.9 Å². The molecule has 0 saturated heterocycles. The van der Waals surface area contributed by atoms with E-state index in [1.807, 2.05) is 0 Å². The molecule has 1 unspecified atom stereocenters. The van der Waals surface area contributed by atoms with Crippen LogP contribution < -0.4 is 5.48 Å². The summed E-state index contributed by atoms with van der Waals surface area (Å²) in [7, 11) is 0. The summed E-state index contributed by atoms with van der Waals surface area (Å²) in [5.41, 5.74) is 2.43. The molecule has 0 aromatic rings. The first-order valence-electron chi connectivity index (χ1n) is 4.64. The largest absolute Gasteiger partial charge is 0.440 e. The fourth-order valence-electron chi connectivity index (χ4n) is 0.673. The summed E-state index contributed by atoms with van der Waals surface area (Å²) >= 11 is 0. The van der Waals surface area contributed by atoms with Gasteiger partial charge in [-0.15, -0.1) is 5.48 Å². The maximum absolute atomic E-state index is 11.0.